The lowest BCUT2D eigenvalue weighted by molar-refractivity contribution is -0.142. The lowest BCUT2D eigenvalue weighted by atomic mass is 9.82. The van der Waals surface area contributed by atoms with Crippen LogP contribution in [0.15, 0.2) is 54.6 Å². The maximum atomic E-state index is 12.3. The maximum Gasteiger partial charge on any atom is 0.330 e. The SMILES string of the molecule is O=C(CC1CCc2ccccc2C1)N[C@H](C(=O)O)c1ccccc1. The smallest absolute Gasteiger partial charge is 0.330 e. The van der Waals surface area contributed by atoms with Gasteiger partial charge in [-0.15, -0.1) is 0 Å². The number of nitrogens with one attached hydrogen (secondary N) is 1. The molecule has 124 valence electrons. The van der Waals surface area contributed by atoms with Gasteiger partial charge in [-0.2, -0.15) is 0 Å². The van der Waals surface area contributed by atoms with E-state index >= 15 is 0 Å². The minimum atomic E-state index is -1.04. The summed E-state index contributed by atoms with van der Waals surface area (Å²) in [4.78, 5) is 23.8. The number of hydrogen-bond donors (Lipinski definition) is 2. The number of hydrogen-bond acceptors (Lipinski definition) is 2. The molecule has 2 N–H and O–H groups in total. The van der Waals surface area contributed by atoms with Crippen molar-refractivity contribution in [1.29, 1.82) is 0 Å². The molecule has 2 aromatic rings. The second kappa shape index (κ2) is 7.30. The predicted octanol–water partition coefficient (Wildman–Crippen LogP) is 3.12. The summed E-state index contributed by atoms with van der Waals surface area (Å²) >= 11 is 0. The van der Waals surface area contributed by atoms with Crippen LogP contribution in [0.4, 0.5) is 0 Å². The van der Waals surface area contributed by atoms with Gasteiger partial charge in [-0.05, 0) is 41.9 Å². The van der Waals surface area contributed by atoms with E-state index in [0.717, 1.165) is 19.3 Å². The summed E-state index contributed by atoms with van der Waals surface area (Å²) in [6, 6.07) is 16.1. The summed E-state index contributed by atoms with van der Waals surface area (Å²) in [5.41, 5.74) is 3.26. The number of carbonyl (C=O) groups is 2. The summed E-state index contributed by atoms with van der Waals surface area (Å²) in [7, 11) is 0. The Bertz CT molecular complexity index is 727. The molecule has 1 aliphatic carbocycles. The quantitative estimate of drug-likeness (QED) is 0.888. The first-order valence-corrected chi connectivity index (χ1v) is 8.27. The predicted molar refractivity (Wildman–Crippen MR) is 91.5 cm³/mol. The number of carbonyl (C=O) groups excluding carboxylic acids is 1. The summed E-state index contributed by atoms with van der Waals surface area (Å²) in [5, 5.41) is 12.1. The number of aliphatic carboxylic acids is 1. The fraction of sp³-hybridized carbons (Fsp3) is 0.300. The van der Waals surface area contributed by atoms with E-state index in [-0.39, 0.29) is 11.8 Å². The van der Waals surface area contributed by atoms with Crippen LogP contribution < -0.4 is 5.32 Å². The van der Waals surface area contributed by atoms with Crippen LogP contribution in [0, 0.1) is 5.92 Å². The lowest BCUT2D eigenvalue weighted by Crippen LogP contribution is -2.35. The molecule has 1 aliphatic rings. The number of rotatable bonds is 5. The van der Waals surface area contributed by atoms with Crippen LogP contribution >= 0.6 is 0 Å². The Hall–Kier alpha value is -2.62. The van der Waals surface area contributed by atoms with Crippen molar-refractivity contribution >= 4 is 11.9 Å². The van der Waals surface area contributed by atoms with Crippen molar-refractivity contribution in [2.45, 2.75) is 31.7 Å². The van der Waals surface area contributed by atoms with Crippen molar-refractivity contribution < 1.29 is 14.7 Å². The third-order valence-electron chi connectivity index (χ3n) is 4.61. The molecule has 1 amide bonds. The van der Waals surface area contributed by atoms with Crippen molar-refractivity contribution in [2.24, 2.45) is 5.92 Å². The van der Waals surface area contributed by atoms with Gasteiger partial charge in [0.25, 0.3) is 0 Å². The number of carboxylic acid groups (broad SMARTS) is 1. The zero-order valence-electron chi connectivity index (χ0n) is 13.4. The largest absolute Gasteiger partial charge is 0.479 e. The van der Waals surface area contributed by atoms with Crippen LogP contribution in [0.2, 0.25) is 0 Å². The molecule has 0 fully saturated rings. The van der Waals surface area contributed by atoms with Gasteiger partial charge in [0.15, 0.2) is 6.04 Å². The van der Waals surface area contributed by atoms with Crippen molar-refractivity contribution in [3.63, 3.8) is 0 Å². The fourth-order valence-electron chi connectivity index (χ4n) is 3.36. The van der Waals surface area contributed by atoms with Gasteiger partial charge >= 0.3 is 5.97 Å². The van der Waals surface area contributed by atoms with Crippen LogP contribution in [-0.2, 0) is 22.4 Å². The minimum absolute atomic E-state index is 0.198. The molecule has 3 rings (SSSR count). The fourth-order valence-corrected chi connectivity index (χ4v) is 3.36. The first-order chi connectivity index (χ1) is 11.6. The Morgan fingerprint density at radius 2 is 1.71 bits per heavy atom. The third kappa shape index (κ3) is 3.82. The molecule has 0 radical (unpaired) electrons. The second-order valence-corrected chi connectivity index (χ2v) is 6.33. The van der Waals surface area contributed by atoms with E-state index in [0.29, 0.717) is 12.0 Å². The number of carboxylic acids is 1. The van der Waals surface area contributed by atoms with Gasteiger partial charge in [0.2, 0.25) is 5.91 Å². The highest BCUT2D eigenvalue weighted by molar-refractivity contribution is 5.84. The van der Waals surface area contributed by atoms with Gasteiger partial charge in [-0.3, -0.25) is 4.79 Å². The number of aryl methyl sites for hydroxylation is 1. The topological polar surface area (TPSA) is 66.4 Å². The van der Waals surface area contributed by atoms with E-state index in [1.54, 1.807) is 24.3 Å². The van der Waals surface area contributed by atoms with E-state index in [9.17, 15) is 14.7 Å². The molecule has 1 unspecified atom stereocenters. The summed E-state index contributed by atoms with van der Waals surface area (Å²) < 4.78 is 0. The van der Waals surface area contributed by atoms with Gasteiger partial charge in [0.1, 0.15) is 0 Å². The number of fused-ring (bicyclic) bond motifs is 1. The summed E-state index contributed by atoms with van der Waals surface area (Å²) in [6.45, 7) is 0. The van der Waals surface area contributed by atoms with E-state index in [1.807, 2.05) is 18.2 Å². The molecule has 4 nitrogen and oxygen atoms in total. The zero-order chi connectivity index (χ0) is 16.9. The van der Waals surface area contributed by atoms with Gasteiger partial charge in [0, 0.05) is 6.42 Å². The zero-order valence-corrected chi connectivity index (χ0v) is 13.4. The van der Waals surface area contributed by atoms with Crippen LogP contribution in [0.5, 0.6) is 0 Å². The highest BCUT2D eigenvalue weighted by Crippen LogP contribution is 2.27. The summed E-state index contributed by atoms with van der Waals surface area (Å²) in [5.74, 6) is -0.968. The Labute approximate surface area is 141 Å². The molecule has 0 heterocycles. The monoisotopic (exact) mass is 323 g/mol. The maximum absolute atomic E-state index is 12.3. The van der Waals surface area contributed by atoms with Crippen LogP contribution in [0.25, 0.3) is 0 Å². The summed E-state index contributed by atoms with van der Waals surface area (Å²) in [6.07, 6.45) is 3.19. The number of amides is 1. The Balaban J connectivity index is 1.62. The van der Waals surface area contributed by atoms with Crippen LogP contribution in [0.3, 0.4) is 0 Å². The van der Waals surface area contributed by atoms with Crippen molar-refractivity contribution in [3.05, 3.63) is 71.3 Å². The highest BCUT2D eigenvalue weighted by Gasteiger charge is 2.25. The Morgan fingerprint density at radius 1 is 1.04 bits per heavy atom. The van der Waals surface area contributed by atoms with Gasteiger partial charge in [-0.1, -0.05) is 54.6 Å². The van der Waals surface area contributed by atoms with Crippen LogP contribution in [-0.4, -0.2) is 17.0 Å². The average molecular weight is 323 g/mol. The molecule has 24 heavy (non-hydrogen) atoms. The first kappa shape index (κ1) is 16.2. The van der Waals surface area contributed by atoms with Crippen molar-refractivity contribution in [1.82, 2.24) is 5.32 Å². The van der Waals surface area contributed by atoms with Gasteiger partial charge < -0.3 is 10.4 Å². The van der Waals surface area contributed by atoms with E-state index < -0.39 is 12.0 Å². The molecule has 0 saturated heterocycles. The standard InChI is InChI=1S/C20H21NO3/c22-18(21-19(20(23)24)16-7-2-1-3-8-16)13-14-10-11-15-6-4-5-9-17(15)12-14/h1-9,14,19H,10-13H2,(H,21,22)(H,23,24)/t14?,19-/m0/s1. The van der Waals surface area contributed by atoms with E-state index in [2.05, 4.69) is 17.4 Å². The molecule has 2 aromatic carbocycles. The Morgan fingerprint density at radius 3 is 2.42 bits per heavy atom. The molecule has 0 spiro atoms. The van der Waals surface area contributed by atoms with E-state index in [4.69, 9.17) is 0 Å². The molecule has 0 aliphatic heterocycles. The molecule has 4 heteroatoms. The second-order valence-electron chi connectivity index (χ2n) is 6.33. The molecular formula is C20H21NO3. The lowest BCUT2D eigenvalue weighted by Gasteiger charge is -2.24. The normalized spacial score (nSPS) is 17.6. The van der Waals surface area contributed by atoms with Crippen molar-refractivity contribution in [2.75, 3.05) is 0 Å². The van der Waals surface area contributed by atoms with Crippen LogP contribution in [0.1, 0.15) is 35.6 Å². The highest BCUT2D eigenvalue weighted by atomic mass is 16.4. The molecule has 2 atom stereocenters. The third-order valence-corrected chi connectivity index (χ3v) is 4.61. The first-order valence-electron chi connectivity index (χ1n) is 8.27. The Kier molecular flexibility index (Phi) is 4.94. The average Bonchev–Trinajstić information content (AvgIpc) is 2.60. The molecule has 0 aromatic heterocycles. The van der Waals surface area contributed by atoms with Gasteiger partial charge in [-0.25, -0.2) is 4.79 Å². The van der Waals surface area contributed by atoms with E-state index in [1.165, 1.54) is 11.1 Å². The number of benzene rings is 2. The van der Waals surface area contributed by atoms with Crippen molar-refractivity contribution in [3.8, 4) is 0 Å². The van der Waals surface area contributed by atoms with Gasteiger partial charge in [0.05, 0.1) is 0 Å². The molecule has 0 bridgehead atoms. The minimum Gasteiger partial charge on any atom is -0.479 e. The molecule has 0 saturated carbocycles. The molecular weight excluding hydrogens is 302 g/mol.